The van der Waals surface area contributed by atoms with E-state index in [0.29, 0.717) is 31.7 Å². The Morgan fingerprint density at radius 3 is 2.74 bits per heavy atom. The van der Waals surface area contributed by atoms with Crippen LogP contribution in [0, 0.1) is 0 Å². The molecule has 1 aromatic heterocycles. The van der Waals surface area contributed by atoms with E-state index in [1.54, 1.807) is 6.20 Å². The first kappa shape index (κ1) is 20.7. The van der Waals surface area contributed by atoms with Gasteiger partial charge in [-0.3, -0.25) is 4.68 Å². The summed E-state index contributed by atoms with van der Waals surface area (Å²) in [5.74, 6) is 0.566. The fourth-order valence-electron chi connectivity index (χ4n) is 3.96. The molecule has 4 rings (SSSR count). The smallest absolute Gasteiger partial charge is 0.333 e. The Labute approximate surface area is 182 Å². The van der Waals surface area contributed by atoms with E-state index < -0.39 is 0 Å². The highest BCUT2D eigenvalue weighted by atomic mass is 16.5. The normalized spacial score (nSPS) is 13.3. The lowest BCUT2D eigenvalue weighted by atomic mass is 9.99. The molecule has 0 N–H and O–H groups in total. The molecule has 0 amide bonds. The number of rotatable bonds is 6. The molecule has 2 aromatic carbocycles. The van der Waals surface area contributed by atoms with Gasteiger partial charge >= 0.3 is 5.97 Å². The number of anilines is 1. The Morgan fingerprint density at radius 1 is 1.16 bits per heavy atom. The van der Waals surface area contributed by atoms with Crippen LogP contribution in [0.5, 0.6) is 5.75 Å². The highest BCUT2D eigenvalue weighted by Gasteiger charge is 2.21. The number of carbonyl (C=O) groups is 1. The van der Waals surface area contributed by atoms with E-state index in [9.17, 15) is 4.79 Å². The van der Waals surface area contributed by atoms with E-state index in [2.05, 4.69) is 34.3 Å². The standard InChI is InChI=1S/C25H27N3O3/c1-4-31-24-8-6-5-7-22(24)18-9-10-23-20(15-18)16-19(25(29)30-3)12-14-28(23)17-21-11-13-26-27(21)2/h5-11,13,15-16H,4,12,14,17H2,1-3H3. The molecule has 3 aromatic rings. The van der Waals surface area contributed by atoms with E-state index in [0.717, 1.165) is 33.8 Å². The van der Waals surface area contributed by atoms with Crippen LogP contribution in [-0.4, -0.2) is 36.0 Å². The maximum Gasteiger partial charge on any atom is 0.333 e. The molecule has 0 spiro atoms. The molecule has 0 bridgehead atoms. The molecular formula is C25H27N3O3. The lowest BCUT2D eigenvalue weighted by Gasteiger charge is -2.25. The van der Waals surface area contributed by atoms with Crippen LogP contribution in [-0.2, 0) is 23.1 Å². The lowest BCUT2D eigenvalue weighted by Crippen LogP contribution is -2.25. The number of aryl methyl sites for hydroxylation is 1. The van der Waals surface area contributed by atoms with Gasteiger partial charge in [0.2, 0.25) is 0 Å². The second-order valence-corrected chi connectivity index (χ2v) is 7.48. The Hall–Kier alpha value is -3.54. The molecule has 0 saturated carbocycles. The molecule has 0 saturated heterocycles. The number of esters is 1. The van der Waals surface area contributed by atoms with Crippen molar-refractivity contribution < 1.29 is 14.3 Å². The number of hydrogen-bond acceptors (Lipinski definition) is 5. The van der Waals surface area contributed by atoms with E-state index in [4.69, 9.17) is 9.47 Å². The molecule has 0 unspecified atom stereocenters. The average molecular weight is 418 g/mol. The van der Waals surface area contributed by atoms with Gasteiger partial charge < -0.3 is 14.4 Å². The largest absolute Gasteiger partial charge is 0.493 e. The first-order valence-corrected chi connectivity index (χ1v) is 10.5. The van der Waals surface area contributed by atoms with Crippen LogP contribution in [0.1, 0.15) is 24.6 Å². The fraction of sp³-hybridized carbons (Fsp3) is 0.280. The number of fused-ring (bicyclic) bond motifs is 1. The van der Waals surface area contributed by atoms with E-state index in [1.807, 2.05) is 49.0 Å². The summed E-state index contributed by atoms with van der Waals surface area (Å²) in [5.41, 5.74) is 5.93. The zero-order chi connectivity index (χ0) is 21.8. The molecule has 0 atom stereocenters. The quantitative estimate of drug-likeness (QED) is 0.555. The predicted octanol–water partition coefficient (Wildman–Crippen LogP) is 4.45. The summed E-state index contributed by atoms with van der Waals surface area (Å²) in [6.07, 6.45) is 4.38. The van der Waals surface area contributed by atoms with Gasteiger partial charge in [-0.1, -0.05) is 24.3 Å². The van der Waals surface area contributed by atoms with Crippen molar-refractivity contribution in [1.82, 2.24) is 9.78 Å². The summed E-state index contributed by atoms with van der Waals surface area (Å²) in [4.78, 5) is 14.6. The number of methoxy groups -OCH3 is 1. The van der Waals surface area contributed by atoms with Crippen LogP contribution in [0.15, 0.2) is 60.3 Å². The Morgan fingerprint density at radius 2 is 2.00 bits per heavy atom. The van der Waals surface area contributed by atoms with Gasteiger partial charge in [0.05, 0.1) is 26.0 Å². The van der Waals surface area contributed by atoms with Crippen molar-refractivity contribution >= 4 is 17.7 Å². The lowest BCUT2D eigenvalue weighted by molar-refractivity contribution is -0.136. The van der Waals surface area contributed by atoms with Crippen molar-refractivity contribution in [2.45, 2.75) is 19.9 Å². The van der Waals surface area contributed by atoms with E-state index in [-0.39, 0.29) is 5.97 Å². The minimum absolute atomic E-state index is 0.284. The Kier molecular flexibility index (Phi) is 6.07. The molecule has 6 nitrogen and oxygen atoms in total. The van der Waals surface area contributed by atoms with E-state index in [1.165, 1.54) is 7.11 Å². The number of para-hydroxylation sites is 1. The average Bonchev–Trinajstić information content (AvgIpc) is 3.10. The fourth-order valence-corrected chi connectivity index (χ4v) is 3.96. The minimum Gasteiger partial charge on any atom is -0.493 e. The summed E-state index contributed by atoms with van der Waals surface area (Å²) < 4.78 is 12.7. The van der Waals surface area contributed by atoms with Crippen molar-refractivity contribution in [3.8, 4) is 16.9 Å². The molecule has 2 heterocycles. The van der Waals surface area contributed by atoms with Gasteiger partial charge in [-0.2, -0.15) is 5.10 Å². The number of carbonyl (C=O) groups excluding carboxylic acids is 1. The Bertz CT molecular complexity index is 1120. The van der Waals surface area contributed by atoms with Gasteiger partial charge in [0, 0.05) is 36.6 Å². The van der Waals surface area contributed by atoms with Crippen molar-refractivity contribution in [2.24, 2.45) is 7.05 Å². The number of hydrogen-bond donors (Lipinski definition) is 0. The summed E-state index contributed by atoms with van der Waals surface area (Å²) >= 11 is 0. The molecule has 0 aliphatic carbocycles. The van der Waals surface area contributed by atoms with Crippen LogP contribution in [0.4, 0.5) is 5.69 Å². The van der Waals surface area contributed by atoms with Crippen molar-refractivity contribution in [3.63, 3.8) is 0 Å². The van der Waals surface area contributed by atoms with Crippen LogP contribution >= 0.6 is 0 Å². The molecule has 31 heavy (non-hydrogen) atoms. The first-order valence-electron chi connectivity index (χ1n) is 10.5. The van der Waals surface area contributed by atoms with Gasteiger partial charge in [0.1, 0.15) is 5.75 Å². The zero-order valence-electron chi connectivity index (χ0n) is 18.2. The third kappa shape index (κ3) is 4.33. The minimum atomic E-state index is -0.284. The van der Waals surface area contributed by atoms with Gasteiger partial charge in [0.15, 0.2) is 0 Å². The van der Waals surface area contributed by atoms with Gasteiger partial charge in [-0.05, 0) is 54.8 Å². The van der Waals surface area contributed by atoms with Crippen LogP contribution < -0.4 is 9.64 Å². The third-order valence-electron chi connectivity index (χ3n) is 5.57. The van der Waals surface area contributed by atoms with Gasteiger partial charge in [0.25, 0.3) is 0 Å². The van der Waals surface area contributed by atoms with Crippen LogP contribution in [0.3, 0.4) is 0 Å². The van der Waals surface area contributed by atoms with Crippen molar-refractivity contribution in [1.29, 1.82) is 0 Å². The number of nitrogens with zero attached hydrogens (tertiary/aromatic N) is 3. The van der Waals surface area contributed by atoms with Gasteiger partial charge in [-0.15, -0.1) is 0 Å². The molecular weight excluding hydrogens is 390 g/mol. The third-order valence-corrected chi connectivity index (χ3v) is 5.57. The molecule has 6 heteroatoms. The predicted molar refractivity (Wildman–Crippen MR) is 122 cm³/mol. The number of ether oxygens (including phenoxy) is 2. The molecule has 0 radical (unpaired) electrons. The maximum atomic E-state index is 12.4. The summed E-state index contributed by atoms with van der Waals surface area (Å²) in [7, 11) is 3.37. The molecule has 1 aliphatic rings. The highest BCUT2D eigenvalue weighted by molar-refractivity contribution is 5.96. The van der Waals surface area contributed by atoms with E-state index >= 15 is 0 Å². The van der Waals surface area contributed by atoms with Crippen LogP contribution in [0.25, 0.3) is 17.2 Å². The monoisotopic (exact) mass is 417 g/mol. The number of benzene rings is 2. The van der Waals surface area contributed by atoms with Gasteiger partial charge in [-0.25, -0.2) is 4.79 Å². The maximum absolute atomic E-state index is 12.4. The topological polar surface area (TPSA) is 56.6 Å². The Balaban J connectivity index is 1.78. The highest BCUT2D eigenvalue weighted by Crippen LogP contribution is 2.36. The second-order valence-electron chi connectivity index (χ2n) is 7.48. The number of aromatic nitrogens is 2. The zero-order valence-corrected chi connectivity index (χ0v) is 18.2. The molecule has 0 fully saturated rings. The van der Waals surface area contributed by atoms with Crippen molar-refractivity contribution in [3.05, 3.63) is 71.6 Å². The first-order chi connectivity index (χ1) is 15.1. The van der Waals surface area contributed by atoms with Crippen LogP contribution in [0.2, 0.25) is 0 Å². The summed E-state index contributed by atoms with van der Waals surface area (Å²) in [6, 6.07) is 16.4. The van der Waals surface area contributed by atoms with Crippen molar-refractivity contribution in [2.75, 3.05) is 25.2 Å². The molecule has 160 valence electrons. The molecule has 1 aliphatic heterocycles. The second kappa shape index (κ2) is 9.08. The SMILES string of the molecule is CCOc1ccccc1-c1ccc2c(c1)C=C(C(=O)OC)CCN2Cc1ccnn1C. The summed E-state index contributed by atoms with van der Waals surface area (Å²) in [6.45, 7) is 4.01. The summed E-state index contributed by atoms with van der Waals surface area (Å²) in [5, 5.41) is 4.29.